The first kappa shape index (κ1) is 21.0. The normalized spacial score (nSPS) is 13.7. The van der Waals surface area contributed by atoms with Gasteiger partial charge < -0.3 is 15.4 Å². The van der Waals surface area contributed by atoms with Crippen LogP contribution < -0.4 is 10.5 Å². The van der Waals surface area contributed by atoms with E-state index in [0.717, 1.165) is 11.1 Å². The molecular weight excluding hydrogens is 445 g/mol. The Labute approximate surface area is 175 Å². The van der Waals surface area contributed by atoms with Crippen molar-refractivity contribution < 1.29 is 18.8 Å². The quantitative estimate of drug-likeness (QED) is 0.403. The number of benzene rings is 2. The van der Waals surface area contributed by atoms with Crippen molar-refractivity contribution in [1.29, 1.82) is 0 Å². The van der Waals surface area contributed by atoms with Crippen molar-refractivity contribution in [3.63, 3.8) is 0 Å². The number of carbonyl (C=O) groups is 1. The smallest absolute Gasteiger partial charge is 0.294 e. The molecule has 2 N–H and O–H groups in total. The molecule has 2 aromatic carbocycles. The van der Waals surface area contributed by atoms with Crippen molar-refractivity contribution in [3.8, 4) is 5.75 Å². The molecule has 0 atom stereocenters. The van der Waals surface area contributed by atoms with Crippen molar-refractivity contribution in [2.75, 3.05) is 18.9 Å². The highest BCUT2D eigenvalue weighted by Crippen LogP contribution is 2.32. The fourth-order valence-corrected chi connectivity index (χ4v) is 3.56. The number of hydrogen-bond donors (Lipinski definition) is 1. The van der Waals surface area contributed by atoms with Crippen LogP contribution >= 0.6 is 15.9 Å². The highest BCUT2D eigenvalue weighted by Gasteiger charge is 2.26. The number of nitrogens with two attached hydrogens (primary N) is 1. The number of anilines is 1. The van der Waals surface area contributed by atoms with Gasteiger partial charge in [0.15, 0.2) is 0 Å². The van der Waals surface area contributed by atoms with Crippen LogP contribution in [-0.4, -0.2) is 34.6 Å². The van der Waals surface area contributed by atoms with Crippen LogP contribution in [0, 0.1) is 10.1 Å². The van der Waals surface area contributed by atoms with Crippen molar-refractivity contribution in [3.05, 3.63) is 61.6 Å². The second kappa shape index (κ2) is 7.98. The number of halogens is 2. The average Bonchev–Trinajstić information content (AvgIpc) is 2.66. The van der Waals surface area contributed by atoms with Crippen molar-refractivity contribution >= 4 is 33.2 Å². The summed E-state index contributed by atoms with van der Waals surface area (Å²) in [5.74, 6) is 0.284. The zero-order valence-electron chi connectivity index (χ0n) is 16.1. The van der Waals surface area contributed by atoms with E-state index in [-0.39, 0.29) is 29.5 Å². The Hall–Kier alpha value is -2.68. The fraction of sp³-hybridized carbons (Fsp3) is 0.350. The maximum absolute atomic E-state index is 13.6. The van der Waals surface area contributed by atoms with Crippen LogP contribution in [0.2, 0.25) is 0 Å². The van der Waals surface area contributed by atoms with E-state index in [2.05, 4.69) is 15.9 Å². The van der Waals surface area contributed by atoms with Gasteiger partial charge in [-0.25, -0.2) is 4.39 Å². The SMILES string of the molecule is CC(C)(F)COc1ccc2c(c1)CCN(C(=O)c1cc(Br)c(N)c([N+](=O)[O-])c1)C2. The summed E-state index contributed by atoms with van der Waals surface area (Å²) in [5.41, 5.74) is 6.16. The molecule has 1 aliphatic rings. The van der Waals surface area contributed by atoms with Gasteiger partial charge in [0, 0.05) is 29.2 Å². The summed E-state index contributed by atoms with van der Waals surface area (Å²) >= 11 is 3.18. The van der Waals surface area contributed by atoms with Gasteiger partial charge in [-0.1, -0.05) is 6.07 Å². The molecule has 7 nitrogen and oxygen atoms in total. The van der Waals surface area contributed by atoms with Gasteiger partial charge in [-0.15, -0.1) is 0 Å². The number of nitrogen functional groups attached to an aromatic ring is 1. The molecular formula is C20H21BrFN3O4. The molecule has 0 aromatic heterocycles. The molecule has 0 unspecified atom stereocenters. The van der Waals surface area contributed by atoms with E-state index in [1.165, 1.54) is 26.0 Å². The number of ether oxygens (including phenoxy) is 1. The Morgan fingerprint density at radius 2 is 2.07 bits per heavy atom. The predicted molar refractivity (Wildman–Crippen MR) is 111 cm³/mol. The number of carbonyl (C=O) groups excluding carboxylic acids is 1. The van der Waals surface area contributed by atoms with Gasteiger partial charge in [-0.05, 0) is 65.5 Å². The Morgan fingerprint density at radius 3 is 2.72 bits per heavy atom. The van der Waals surface area contributed by atoms with E-state index in [1.54, 1.807) is 11.0 Å². The predicted octanol–water partition coefficient (Wildman–Crippen LogP) is 4.26. The van der Waals surface area contributed by atoms with Crippen molar-refractivity contribution in [2.45, 2.75) is 32.5 Å². The van der Waals surface area contributed by atoms with Crippen LogP contribution in [0.1, 0.15) is 35.3 Å². The summed E-state index contributed by atoms with van der Waals surface area (Å²) < 4.78 is 19.4. The molecule has 0 fully saturated rings. The largest absolute Gasteiger partial charge is 0.490 e. The lowest BCUT2D eigenvalue weighted by Crippen LogP contribution is -2.36. The summed E-state index contributed by atoms with van der Waals surface area (Å²) in [7, 11) is 0. The molecule has 3 rings (SSSR count). The third kappa shape index (κ3) is 4.84. The van der Waals surface area contributed by atoms with Crippen LogP contribution in [0.25, 0.3) is 0 Å². The maximum atomic E-state index is 13.6. The molecule has 0 saturated carbocycles. The molecule has 0 radical (unpaired) electrons. The Bertz CT molecular complexity index is 975. The monoisotopic (exact) mass is 465 g/mol. The van der Waals surface area contributed by atoms with Crippen molar-refractivity contribution in [1.82, 2.24) is 4.90 Å². The fourth-order valence-electron chi connectivity index (χ4n) is 3.11. The number of hydrogen-bond acceptors (Lipinski definition) is 5. The van der Waals surface area contributed by atoms with Gasteiger partial charge in [0.2, 0.25) is 0 Å². The second-order valence-electron chi connectivity index (χ2n) is 7.56. The number of fused-ring (bicyclic) bond motifs is 1. The van der Waals surface area contributed by atoms with Gasteiger partial charge in [0.25, 0.3) is 11.6 Å². The van der Waals surface area contributed by atoms with E-state index in [1.807, 2.05) is 12.1 Å². The number of amides is 1. The second-order valence-corrected chi connectivity index (χ2v) is 8.42. The van der Waals surface area contributed by atoms with Crippen LogP contribution in [0.5, 0.6) is 5.75 Å². The lowest BCUT2D eigenvalue weighted by molar-refractivity contribution is -0.384. The first-order valence-corrected chi connectivity index (χ1v) is 9.80. The molecule has 0 saturated heterocycles. The molecule has 1 heterocycles. The standard InChI is InChI=1S/C20H21BrFN3O4/c1-20(2,22)11-29-15-4-3-13-10-24(6-5-12(13)7-15)19(26)14-8-16(21)18(23)17(9-14)25(27)28/h3-4,7-9H,5-6,10-11,23H2,1-2H3. The highest BCUT2D eigenvalue weighted by molar-refractivity contribution is 9.10. The molecule has 29 heavy (non-hydrogen) atoms. The summed E-state index contributed by atoms with van der Waals surface area (Å²) in [6, 6.07) is 8.18. The zero-order chi connectivity index (χ0) is 21.3. The maximum Gasteiger partial charge on any atom is 0.294 e. The molecule has 0 aliphatic carbocycles. The van der Waals surface area contributed by atoms with E-state index in [4.69, 9.17) is 10.5 Å². The summed E-state index contributed by atoms with van der Waals surface area (Å²) in [6.45, 7) is 3.70. The number of alkyl halides is 1. The van der Waals surface area contributed by atoms with Gasteiger partial charge in [0.05, 0.1) is 4.92 Å². The van der Waals surface area contributed by atoms with Crippen LogP contribution in [0.15, 0.2) is 34.8 Å². The number of nitrogens with zero attached hydrogens (tertiary/aromatic N) is 2. The minimum atomic E-state index is -1.42. The number of rotatable bonds is 5. The van der Waals surface area contributed by atoms with Crippen LogP contribution in [-0.2, 0) is 13.0 Å². The summed E-state index contributed by atoms with van der Waals surface area (Å²) in [4.78, 5) is 25.1. The number of nitro groups is 1. The summed E-state index contributed by atoms with van der Waals surface area (Å²) in [5, 5.41) is 11.2. The molecule has 1 amide bonds. The summed E-state index contributed by atoms with van der Waals surface area (Å²) in [6.07, 6.45) is 0.607. The van der Waals surface area contributed by atoms with Gasteiger partial charge in [-0.2, -0.15) is 0 Å². The average molecular weight is 466 g/mol. The van der Waals surface area contributed by atoms with Crippen molar-refractivity contribution in [2.24, 2.45) is 0 Å². The van der Waals surface area contributed by atoms with Gasteiger partial charge in [0.1, 0.15) is 23.7 Å². The third-order valence-corrected chi connectivity index (χ3v) is 5.27. The van der Waals surface area contributed by atoms with E-state index in [9.17, 15) is 19.3 Å². The molecule has 1 aliphatic heterocycles. The molecule has 0 bridgehead atoms. The topological polar surface area (TPSA) is 98.7 Å². The van der Waals surface area contributed by atoms with Gasteiger partial charge >= 0.3 is 0 Å². The lowest BCUT2D eigenvalue weighted by Gasteiger charge is -2.29. The van der Waals surface area contributed by atoms with E-state index < -0.39 is 10.6 Å². The van der Waals surface area contributed by atoms with E-state index >= 15 is 0 Å². The van der Waals surface area contributed by atoms with Gasteiger partial charge in [-0.3, -0.25) is 14.9 Å². The highest BCUT2D eigenvalue weighted by atomic mass is 79.9. The molecule has 2 aromatic rings. The minimum Gasteiger partial charge on any atom is -0.490 e. The Balaban J connectivity index is 1.77. The first-order chi connectivity index (χ1) is 13.5. The minimum absolute atomic E-state index is 0.0143. The van der Waals surface area contributed by atoms with Crippen LogP contribution in [0.4, 0.5) is 15.8 Å². The molecule has 9 heteroatoms. The van der Waals surface area contributed by atoms with Crippen LogP contribution in [0.3, 0.4) is 0 Å². The Morgan fingerprint density at radius 1 is 1.34 bits per heavy atom. The Kier molecular flexibility index (Phi) is 5.79. The molecule has 0 spiro atoms. The van der Waals surface area contributed by atoms with E-state index in [0.29, 0.717) is 29.7 Å². The first-order valence-electron chi connectivity index (χ1n) is 9.01. The molecule has 154 valence electrons. The number of nitro benzene ring substituents is 1. The third-order valence-electron chi connectivity index (χ3n) is 4.61. The lowest BCUT2D eigenvalue weighted by atomic mass is 9.98. The zero-order valence-corrected chi connectivity index (χ0v) is 17.7.